The summed E-state index contributed by atoms with van der Waals surface area (Å²) in [6, 6.07) is 18.1. The number of nitrogens with zero attached hydrogens (tertiary/aromatic N) is 8. The van der Waals surface area contributed by atoms with Crippen LogP contribution in [0.3, 0.4) is 0 Å². The summed E-state index contributed by atoms with van der Waals surface area (Å²) in [5.41, 5.74) is 4.58. The Bertz CT molecular complexity index is 2150. The highest BCUT2D eigenvalue weighted by Gasteiger charge is 2.46. The third-order valence-electron chi connectivity index (χ3n) is 13.7. The van der Waals surface area contributed by atoms with Crippen LogP contribution in [0.15, 0.2) is 54.7 Å². The molecule has 7 heterocycles. The maximum Gasteiger partial charge on any atom is 0.262 e. The minimum absolute atomic E-state index is 0.0995. The first-order chi connectivity index (χ1) is 27.5. The summed E-state index contributed by atoms with van der Waals surface area (Å²) in [4.78, 5) is 68.6. The van der Waals surface area contributed by atoms with Crippen molar-refractivity contribution < 1.29 is 19.2 Å². The van der Waals surface area contributed by atoms with Crippen LogP contribution in [0.5, 0.6) is 0 Å². The van der Waals surface area contributed by atoms with Gasteiger partial charge in [-0.2, -0.15) is 5.26 Å². The van der Waals surface area contributed by atoms with Gasteiger partial charge in [-0.25, -0.2) is 4.98 Å². The summed E-state index contributed by atoms with van der Waals surface area (Å²) in [7, 11) is 2.22. The van der Waals surface area contributed by atoms with Gasteiger partial charge in [-0.1, -0.05) is 11.6 Å². The fourth-order valence-electron chi connectivity index (χ4n) is 10.2. The lowest BCUT2D eigenvalue weighted by molar-refractivity contribution is -0.136. The summed E-state index contributed by atoms with van der Waals surface area (Å²) in [5, 5.41) is 12.1. The summed E-state index contributed by atoms with van der Waals surface area (Å²) in [5.74, 6) is -0.893. The number of aromatic nitrogens is 1. The van der Waals surface area contributed by atoms with Crippen LogP contribution < -0.4 is 24.9 Å². The number of hydrogen-bond donors (Lipinski definition) is 1. The van der Waals surface area contributed by atoms with Crippen LogP contribution in [0.4, 0.5) is 22.9 Å². The molecule has 57 heavy (non-hydrogen) atoms. The van der Waals surface area contributed by atoms with E-state index in [1.807, 2.05) is 30.5 Å². The monoisotopic (exact) mass is 789 g/mol. The van der Waals surface area contributed by atoms with E-state index in [1.54, 1.807) is 12.1 Å². The first-order valence-corrected chi connectivity index (χ1v) is 20.6. The number of pyridine rings is 1. The molecule has 3 aromatic rings. The average Bonchev–Trinajstić information content (AvgIpc) is 3.65. The molecule has 2 aromatic carbocycles. The van der Waals surface area contributed by atoms with Gasteiger partial charge in [-0.05, 0) is 106 Å². The quantitative estimate of drug-likeness (QED) is 0.335. The number of nitrogens with one attached hydrogen (secondary N) is 1. The normalized spacial score (nSPS) is 24.0. The molecule has 14 heteroatoms. The molecule has 13 nitrogen and oxygen atoms in total. The highest BCUT2D eigenvalue weighted by atomic mass is 35.5. The van der Waals surface area contributed by atoms with Crippen molar-refractivity contribution in [2.45, 2.75) is 76.0 Å². The number of hydrogen-bond acceptors (Lipinski definition) is 11. The molecular formula is C43H48ClN9O4. The maximum atomic E-state index is 13.3. The molecule has 296 valence electrons. The van der Waals surface area contributed by atoms with Crippen molar-refractivity contribution in [2.24, 2.45) is 5.41 Å². The molecule has 5 saturated heterocycles. The number of rotatable bonds is 7. The molecule has 1 unspecified atom stereocenters. The van der Waals surface area contributed by atoms with E-state index in [9.17, 15) is 24.4 Å². The Balaban J connectivity index is 0.739. The maximum absolute atomic E-state index is 13.3. The smallest absolute Gasteiger partial charge is 0.262 e. The summed E-state index contributed by atoms with van der Waals surface area (Å²) in [6.07, 6.45) is 7.83. The van der Waals surface area contributed by atoms with Crippen LogP contribution in [0.25, 0.3) is 0 Å². The van der Waals surface area contributed by atoms with E-state index in [0.717, 1.165) is 100 Å². The first kappa shape index (κ1) is 37.4. The standard InChI is InChI=1S/C43H48ClN9O4/c1-27-21-43(26-52(27)31-4-3-28(22-45)36(44)20-31)13-17-50(18-14-43)38-9-6-32(23-46-38)49-15-11-29(12-16-49)48(2)33-24-51(25-33)30-5-7-34-35(19-30)42(57)53(41(34)56)37-8-10-39(54)47-40(37)55/h3-7,9,19-20,23,27,29,33,37H,8,10-18,21,24-26H2,1-2H3,(H,47,54,55)/t27-,37?/m0/s1. The third kappa shape index (κ3) is 6.76. The van der Waals surface area contributed by atoms with Gasteiger partial charge in [-0.3, -0.25) is 34.3 Å². The topological polar surface area (TPSA) is 136 Å². The van der Waals surface area contributed by atoms with E-state index in [0.29, 0.717) is 39.8 Å². The SMILES string of the molecule is C[C@H]1CC2(CCN(c3ccc(N4CCC(N(C)C5CN(c6ccc7c(c6)C(=O)N(C6CCC(=O)NC6=O)C7=O)C5)CC4)cn3)CC2)CN1c1ccc(C#N)c(Cl)c1. The van der Waals surface area contributed by atoms with Crippen LogP contribution in [0.1, 0.15) is 78.1 Å². The van der Waals surface area contributed by atoms with E-state index < -0.39 is 23.8 Å². The molecule has 4 amide bonds. The van der Waals surface area contributed by atoms with Gasteiger partial charge in [0, 0.05) is 81.7 Å². The summed E-state index contributed by atoms with van der Waals surface area (Å²) in [6.45, 7) is 8.90. The highest BCUT2D eigenvalue weighted by molar-refractivity contribution is 6.32. The first-order valence-electron chi connectivity index (χ1n) is 20.3. The molecule has 0 bridgehead atoms. The lowest BCUT2D eigenvalue weighted by Crippen LogP contribution is -2.61. The summed E-state index contributed by atoms with van der Waals surface area (Å²) >= 11 is 6.39. The molecule has 0 aliphatic carbocycles. The van der Waals surface area contributed by atoms with E-state index in [4.69, 9.17) is 16.6 Å². The second-order valence-electron chi connectivity index (χ2n) is 16.9. The van der Waals surface area contributed by atoms with E-state index in [-0.39, 0.29) is 24.2 Å². The van der Waals surface area contributed by atoms with Crippen LogP contribution >= 0.6 is 11.6 Å². The lowest BCUT2D eigenvalue weighted by atomic mass is 9.77. The van der Waals surface area contributed by atoms with Gasteiger partial charge in [0.25, 0.3) is 11.8 Å². The fourth-order valence-corrected chi connectivity index (χ4v) is 10.4. The fraction of sp³-hybridized carbons (Fsp3) is 0.488. The number of likely N-dealkylation sites (N-methyl/N-ethyl adjacent to an activating group) is 1. The zero-order valence-electron chi connectivity index (χ0n) is 32.5. The molecule has 6 aliphatic heterocycles. The number of halogens is 1. The van der Waals surface area contributed by atoms with Crippen LogP contribution in [-0.2, 0) is 9.59 Å². The number of imide groups is 2. The Morgan fingerprint density at radius 2 is 1.56 bits per heavy atom. The minimum Gasteiger partial charge on any atom is -0.370 e. The molecule has 2 atom stereocenters. The van der Waals surface area contributed by atoms with Crippen molar-refractivity contribution in [3.63, 3.8) is 0 Å². The van der Waals surface area contributed by atoms with Gasteiger partial charge in [0.1, 0.15) is 17.9 Å². The second-order valence-corrected chi connectivity index (χ2v) is 17.3. The van der Waals surface area contributed by atoms with Crippen molar-refractivity contribution in [3.8, 4) is 6.07 Å². The molecule has 0 saturated carbocycles. The molecular weight excluding hydrogens is 742 g/mol. The van der Waals surface area contributed by atoms with E-state index in [2.05, 4.69) is 62.0 Å². The predicted octanol–water partition coefficient (Wildman–Crippen LogP) is 4.68. The Morgan fingerprint density at radius 3 is 2.25 bits per heavy atom. The van der Waals surface area contributed by atoms with Crippen molar-refractivity contribution in [2.75, 3.05) is 72.5 Å². The Labute approximate surface area is 338 Å². The minimum atomic E-state index is -0.964. The van der Waals surface area contributed by atoms with Gasteiger partial charge < -0.3 is 19.6 Å². The molecule has 1 spiro atoms. The number of amides is 4. The zero-order valence-corrected chi connectivity index (χ0v) is 33.2. The van der Waals surface area contributed by atoms with Gasteiger partial charge in [-0.15, -0.1) is 0 Å². The number of carbonyl (C=O) groups excluding carboxylic acids is 4. The third-order valence-corrected chi connectivity index (χ3v) is 14.0. The van der Waals surface area contributed by atoms with Crippen LogP contribution in [-0.4, -0.2) is 115 Å². The van der Waals surface area contributed by atoms with Crippen LogP contribution in [0, 0.1) is 16.7 Å². The molecule has 1 aromatic heterocycles. The zero-order chi connectivity index (χ0) is 39.6. The van der Waals surface area contributed by atoms with Crippen molar-refractivity contribution in [1.82, 2.24) is 20.1 Å². The molecule has 6 aliphatic rings. The molecule has 1 N–H and O–H groups in total. The molecule has 9 rings (SSSR count). The summed E-state index contributed by atoms with van der Waals surface area (Å²) < 4.78 is 0. The van der Waals surface area contributed by atoms with E-state index in [1.165, 1.54) is 5.69 Å². The van der Waals surface area contributed by atoms with Gasteiger partial charge in [0.05, 0.1) is 33.6 Å². The molecule has 0 radical (unpaired) electrons. The number of anilines is 4. The number of piperidine rings is 3. The highest BCUT2D eigenvalue weighted by Crippen LogP contribution is 2.46. The Hall–Kier alpha value is -5.19. The Kier molecular flexibility index (Phi) is 9.60. The second kappa shape index (κ2) is 14.6. The average molecular weight is 790 g/mol. The largest absolute Gasteiger partial charge is 0.370 e. The Morgan fingerprint density at radius 1 is 0.842 bits per heavy atom. The van der Waals surface area contributed by atoms with Crippen molar-refractivity contribution in [1.29, 1.82) is 5.26 Å². The van der Waals surface area contributed by atoms with Crippen molar-refractivity contribution >= 4 is 58.1 Å². The number of nitriles is 1. The van der Waals surface area contributed by atoms with Gasteiger partial charge in [0.15, 0.2) is 0 Å². The number of benzene rings is 2. The number of carbonyl (C=O) groups is 4. The van der Waals surface area contributed by atoms with Crippen molar-refractivity contribution in [3.05, 3.63) is 76.4 Å². The van der Waals surface area contributed by atoms with Crippen LogP contribution in [0.2, 0.25) is 5.02 Å². The molecule has 5 fully saturated rings. The number of fused-ring (bicyclic) bond motifs is 1. The van der Waals surface area contributed by atoms with Gasteiger partial charge >= 0.3 is 0 Å². The lowest BCUT2D eigenvalue weighted by Gasteiger charge is -2.49. The predicted molar refractivity (Wildman–Crippen MR) is 218 cm³/mol. The van der Waals surface area contributed by atoms with E-state index >= 15 is 0 Å². The van der Waals surface area contributed by atoms with Gasteiger partial charge in [0.2, 0.25) is 11.8 Å².